The molecule has 0 aromatic heterocycles. The van der Waals surface area contributed by atoms with Crippen molar-refractivity contribution in [1.29, 1.82) is 0 Å². The zero-order valence-corrected chi connectivity index (χ0v) is 11.2. The molecule has 0 heterocycles. The minimum Gasteiger partial charge on any atom is -0.475 e. The minimum atomic E-state index is -1.65. The van der Waals surface area contributed by atoms with E-state index in [4.69, 9.17) is 28.3 Å². The second-order valence-electron chi connectivity index (χ2n) is 3.71. The molecule has 6 nitrogen and oxygen atoms in total. The van der Waals surface area contributed by atoms with E-state index in [1.54, 1.807) is 6.92 Å². The lowest BCUT2D eigenvalue weighted by Gasteiger charge is -2.12. The van der Waals surface area contributed by atoms with Gasteiger partial charge in [-0.15, -0.1) is 0 Å². The maximum absolute atomic E-state index is 11.5. The third-order valence-electron chi connectivity index (χ3n) is 2.58. The molecule has 0 aliphatic heterocycles. The van der Waals surface area contributed by atoms with Gasteiger partial charge in [0.2, 0.25) is 5.78 Å². The molecule has 0 amide bonds. The van der Waals surface area contributed by atoms with Crippen molar-refractivity contribution in [2.45, 2.75) is 19.3 Å². The molecule has 0 bridgehead atoms. The number of benzene rings is 1. The first-order valence-electron chi connectivity index (χ1n) is 5.20. The van der Waals surface area contributed by atoms with Crippen molar-refractivity contribution in [2.75, 3.05) is 0 Å². The fourth-order valence-corrected chi connectivity index (χ4v) is 2.01. The third kappa shape index (κ3) is 3.21. The lowest BCUT2D eigenvalue weighted by atomic mass is 9.91. The number of nitro groups is 1. The van der Waals surface area contributed by atoms with Crippen LogP contribution in [0.3, 0.4) is 0 Å². The van der Waals surface area contributed by atoms with E-state index in [-0.39, 0.29) is 22.0 Å². The van der Waals surface area contributed by atoms with Crippen molar-refractivity contribution in [3.05, 3.63) is 37.9 Å². The van der Waals surface area contributed by atoms with Gasteiger partial charge >= 0.3 is 5.97 Å². The lowest BCUT2D eigenvalue weighted by molar-refractivity contribution is -0.385. The van der Waals surface area contributed by atoms with Gasteiger partial charge in [-0.3, -0.25) is 14.9 Å². The highest BCUT2D eigenvalue weighted by Crippen LogP contribution is 2.36. The molecule has 1 atom stereocenters. The number of carboxylic acids is 1. The second kappa shape index (κ2) is 5.99. The minimum absolute atomic E-state index is 0.0268. The number of hydrogen-bond donors (Lipinski definition) is 1. The molecular formula is C11H9Cl2NO5. The Hall–Kier alpha value is -1.66. The van der Waals surface area contributed by atoms with Gasteiger partial charge in [-0.2, -0.15) is 0 Å². The summed E-state index contributed by atoms with van der Waals surface area (Å²) in [5.74, 6) is -3.90. The topological polar surface area (TPSA) is 97.5 Å². The van der Waals surface area contributed by atoms with E-state index in [0.717, 1.165) is 12.1 Å². The number of nitrogens with zero attached hydrogens (tertiary/aromatic N) is 1. The van der Waals surface area contributed by atoms with Crippen LogP contribution in [0.1, 0.15) is 24.8 Å². The van der Waals surface area contributed by atoms with E-state index in [0.29, 0.717) is 0 Å². The predicted molar refractivity (Wildman–Crippen MR) is 68.8 cm³/mol. The summed E-state index contributed by atoms with van der Waals surface area (Å²) in [6.07, 6.45) is 0.101. The number of carboxylic acid groups (broad SMARTS) is 1. The van der Waals surface area contributed by atoms with E-state index in [1.165, 1.54) is 0 Å². The van der Waals surface area contributed by atoms with Crippen LogP contribution < -0.4 is 0 Å². The largest absolute Gasteiger partial charge is 0.475 e. The smallest absolute Gasteiger partial charge is 0.372 e. The molecule has 0 radical (unpaired) electrons. The Balaban J connectivity index is 3.46. The number of nitro benzene ring substituents is 1. The number of Topliss-reactive ketones (excluding diaryl/α,β-unsaturated/α-hetero) is 1. The first-order chi connectivity index (χ1) is 8.79. The molecule has 1 unspecified atom stereocenters. The summed E-state index contributed by atoms with van der Waals surface area (Å²) in [4.78, 5) is 32.5. The summed E-state index contributed by atoms with van der Waals surface area (Å²) < 4.78 is 0. The van der Waals surface area contributed by atoms with Gasteiger partial charge in [-0.25, -0.2) is 4.79 Å². The highest BCUT2D eigenvalue weighted by molar-refractivity contribution is 6.42. The van der Waals surface area contributed by atoms with Gasteiger partial charge < -0.3 is 5.11 Å². The van der Waals surface area contributed by atoms with Gasteiger partial charge in [-0.1, -0.05) is 30.1 Å². The van der Waals surface area contributed by atoms with Crippen LogP contribution in [0, 0.1) is 10.1 Å². The van der Waals surface area contributed by atoms with Crippen molar-refractivity contribution in [3.8, 4) is 0 Å². The van der Waals surface area contributed by atoms with Gasteiger partial charge in [-0.05, 0) is 12.5 Å². The summed E-state index contributed by atoms with van der Waals surface area (Å²) in [6.45, 7) is 1.55. The summed E-state index contributed by atoms with van der Waals surface area (Å²) in [7, 11) is 0. The Morgan fingerprint density at radius 3 is 2.32 bits per heavy atom. The Bertz CT molecular complexity index is 558. The molecule has 102 valence electrons. The molecule has 0 fully saturated rings. The average molecular weight is 306 g/mol. The monoisotopic (exact) mass is 305 g/mol. The van der Waals surface area contributed by atoms with Crippen molar-refractivity contribution >= 4 is 40.6 Å². The maximum Gasteiger partial charge on any atom is 0.372 e. The summed E-state index contributed by atoms with van der Waals surface area (Å²) in [6, 6.07) is 2.17. The summed E-state index contributed by atoms with van der Waals surface area (Å²) in [5, 5.41) is 19.7. The van der Waals surface area contributed by atoms with Gasteiger partial charge in [0, 0.05) is 11.6 Å². The molecule has 0 spiro atoms. The van der Waals surface area contributed by atoms with Crippen LogP contribution in [-0.4, -0.2) is 21.8 Å². The number of hydrogen-bond acceptors (Lipinski definition) is 4. The van der Waals surface area contributed by atoms with Crippen molar-refractivity contribution in [2.24, 2.45) is 0 Å². The predicted octanol–water partition coefficient (Wildman–Crippen LogP) is 3.05. The summed E-state index contributed by atoms with van der Waals surface area (Å²) in [5.41, 5.74) is -0.467. The lowest BCUT2D eigenvalue weighted by Crippen LogP contribution is -2.22. The van der Waals surface area contributed by atoms with E-state index in [1.807, 2.05) is 0 Å². The normalized spacial score (nSPS) is 11.9. The number of carbonyl (C=O) groups excluding carboxylic acids is 1. The number of halogens is 2. The number of rotatable bonds is 5. The fourth-order valence-electron chi connectivity index (χ4n) is 1.68. The van der Waals surface area contributed by atoms with Gasteiger partial charge in [0.25, 0.3) is 5.69 Å². The van der Waals surface area contributed by atoms with Gasteiger partial charge in [0.05, 0.1) is 20.9 Å². The molecule has 1 rings (SSSR count). The Morgan fingerprint density at radius 1 is 1.37 bits per heavy atom. The molecule has 1 aromatic rings. The zero-order chi connectivity index (χ0) is 14.7. The number of carbonyl (C=O) groups is 2. The molecule has 0 saturated heterocycles. The van der Waals surface area contributed by atoms with Crippen LogP contribution in [-0.2, 0) is 9.59 Å². The fraction of sp³-hybridized carbons (Fsp3) is 0.273. The molecule has 0 aliphatic rings. The molecule has 0 saturated carbocycles. The van der Waals surface area contributed by atoms with Crippen LogP contribution in [0.25, 0.3) is 0 Å². The average Bonchev–Trinajstić information content (AvgIpc) is 2.33. The Morgan fingerprint density at radius 2 is 1.89 bits per heavy atom. The van der Waals surface area contributed by atoms with E-state index >= 15 is 0 Å². The molecule has 1 aromatic carbocycles. The van der Waals surface area contributed by atoms with Crippen molar-refractivity contribution < 1.29 is 19.6 Å². The maximum atomic E-state index is 11.5. The highest BCUT2D eigenvalue weighted by atomic mass is 35.5. The zero-order valence-electron chi connectivity index (χ0n) is 9.72. The molecule has 19 heavy (non-hydrogen) atoms. The van der Waals surface area contributed by atoms with Crippen LogP contribution in [0.2, 0.25) is 10.0 Å². The quantitative estimate of drug-likeness (QED) is 0.512. The van der Waals surface area contributed by atoms with Crippen molar-refractivity contribution in [1.82, 2.24) is 0 Å². The SMILES string of the molecule is CCC(C(=O)C(=O)O)c1cc(Cl)c(Cl)cc1[N+](=O)[O-]. The molecule has 1 N–H and O–H groups in total. The molecule has 0 aliphatic carbocycles. The number of aliphatic carboxylic acids is 1. The van der Waals surface area contributed by atoms with Gasteiger partial charge in [0.15, 0.2) is 0 Å². The highest BCUT2D eigenvalue weighted by Gasteiger charge is 2.31. The third-order valence-corrected chi connectivity index (χ3v) is 3.30. The van der Waals surface area contributed by atoms with Crippen LogP contribution in [0.5, 0.6) is 0 Å². The first-order valence-corrected chi connectivity index (χ1v) is 5.95. The van der Waals surface area contributed by atoms with Gasteiger partial charge in [0.1, 0.15) is 0 Å². The number of ketones is 1. The Labute approximate surface area is 118 Å². The van der Waals surface area contributed by atoms with Crippen LogP contribution >= 0.6 is 23.2 Å². The standard InChI is InChI=1S/C11H9Cl2NO5/c1-2-5(10(15)11(16)17)6-3-7(12)8(13)4-9(6)14(18)19/h3-5H,2H2,1H3,(H,16,17). The molecule has 8 heteroatoms. The van der Waals surface area contributed by atoms with Crippen LogP contribution in [0.15, 0.2) is 12.1 Å². The van der Waals surface area contributed by atoms with Crippen LogP contribution in [0.4, 0.5) is 5.69 Å². The van der Waals surface area contributed by atoms with Crippen molar-refractivity contribution in [3.63, 3.8) is 0 Å². The second-order valence-corrected chi connectivity index (χ2v) is 4.53. The molecular weight excluding hydrogens is 297 g/mol. The summed E-state index contributed by atoms with van der Waals surface area (Å²) >= 11 is 11.4. The van der Waals surface area contributed by atoms with E-state index in [2.05, 4.69) is 0 Å². The Kier molecular flexibility index (Phi) is 4.85. The van der Waals surface area contributed by atoms with E-state index < -0.39 is 28.3 Å². The van der Waals surface area contributed by atoms with E-state index in [9.17, 15) is 19.7 Å². The first kappa shape index (κ1) is 15.4.